The molecule has 12 nitrogen and oxygen atoms in total. The van der Waals surface area contributed by atoms with E-state index in [0.717, 1.165) is 0 Å². The maximum atomic E-state index is 10.8. The van der Waals surface area contributed by atoms with Gasteiger partial charge in [-0.05, 0) is 60.7 Å². The van der Waals surface area contributed by atoms with Gasteiger partial charge in [0.25, 0.3) is 0 Å². The van der Waals surface area contributed by atoms with Crippen LogP contribution in [-0.4, -0.2) is 27.0 Å². The summed E-state index contributed by atoms with van der Waals surface area (Å²) in [5.74, 6) is 0.173. The largest absolute Gasteiger partial charge is 1.00 e. The van der Waals surface area contributed by atoms with Crippen LogP contribution in [0, 0.1) is 42.9 Å². The summed E-state index contributed by atoms with van der Waals surface area (Å²) in [5.41, 5.74) is 7.60. The molecule has 0 fully saturated rings. The number of nitrogen functional groups attached to an aromatic ring is 1. The summed E-state index contributed by atoms with van der Waals surface area (Å²) >= 11 is 5.37. The molecule has 15 heteroatoms. The summed E-state index contributed by atoms with van der Waals surface area (Å²) < 4.78 is 15.5. The number of halogens is 2. The Bertz CT molecular complexity index is 1490. The van der Waals surface area contributed by atoms with Crippen molar-refractivity contribution >= 4 is 40.2 Å². The number of nitrogens with two attached hydrogens (primary N) is 1. The Balaban J connectivity index is 0. The summed E-state index contributed by atoms with van der Waals surface area (Å²) in [6.07, 6.45) is 2.87. The van der Waals surface area contributed by atoms with Crippen LogP contribution in [0.4, 0.5) is 33.0 Å². The first-order valence-corrected chi connectivity index (χ1v) is 10.8. The van der Waals surface area contributed by atoms with Gasteiger partial charge in [-0.2, -0.15) is 10.5 Å². The van der Waals surface area contributed by atoms with Crippen molar-refractivity contribution in [3.8, 4) is 12.1 Å². The predicted octanol–water partition coefficient (Wildman–Crippen LogP) is 3.09. The van der Waals surface area contributed by atoms with E-state index in [1.807, 2.05) is 12.1 Å². The molecule has 2 aromatic heterocycles. The standard InChI is InChI=1S/C12H8N4O2.C7H6N2.C5H3ClN2O2.CH3F.Na.H/c13-8-9-3-5-10(6-4-9)15-12-11(16(17)18)2-1-7-14-12;8-5-6-1-3-7(9)4-2-6;6-5-4(8(9)10)2-1-3-7-5;1-2;;/h1-7H,(H,14,15);1-4H,9H2;1-3H;1H3;;/q;;;;+1;-1/i;;;1D;;. The monoisotopic (exact) mass is 575 g/mol. The molecule has 0 saturated heterocycles. The summed E-state index contributed by atoms with van der Waals surface area (Å²) in [6.45, 7) is 0. The zero-order valence-corrected chi connectivity index (χ0v) is 23.7. The van der Waals surface area contributed by atoms with Crippen molar-refractivity contribution in [2.45, 2.75) is 0 Å². The molecule has 0 radical (unpaired) electrons. The van der Waals surface area contributed by atoms with Gasteiger partial charge in [0, 0.05) is 35.9 Å². The zero-order valence-electron chi connectivity index (χ0n) is 22.9. The van der Waals surface area contributed by atoms with Crippen molar-refractivity contribution in [1.82, 2.24) is 9.97 Å². The van der Waals surface area contributed by atoms with E-state index in [4.69, 9.17) is 29.2 Å². The summed E-state index contributed by atoms with van der Waals surface area (Å²) in [7, 11) is -1.00. The summed E-state index contributed by atoms with van der Waals surface area (Å²) in [5, 5.41) is 40.7. The predicted molar refractivity (Wildman–Crippen MR) is 145 cm³/mol. The minimum absolute atomic E-state index is 0. The van der Waals surface area contributed by atoms with E-state index >= 15 is 0 Å². The molecule has 0 spiro atoms. The van der Waals surface area contributed by atoms with Crippen LogP contribution >= 0.6 is 11.6 Å². The van der Waals surface area contributed by atoms with Gasteiger partial charge in [0.2, 0.25) is 11.0 Å². The summed E-state index contributed by atoms with van der Waals surface area (Å²) in [4.78, 5) is 27.3. The minimum Gasteiger partial charge on any atom is -1.00 e. The molecule has 4 aromatic rings. The van der Waals surface area contributed by atoms with Gasteiger partial charge < -0.3 is 12.5 Å². The minimum atomic E-state index is -1.00. The molecule has 3 N–H and O–H groups in total. The van der Waals surface area contributed by atoms with E-state index in [0.29, 0.717) is 22.5 Å². The van der Waals surface area contributed by atoms with Gasteiger partial charge in [-0.15, -0.1) is 0 Å². The van der Waals surface area contributed by atoms with Crippen molar-refractivity contribution in [2.24, 2.45) is 0 Å². The van der Waals surface area contributed by atoms with Crippen molar-refractivity contribution in [3.05, 3.63) is 122 Å². The second-order valence-corrected chi connectivity index (χ2v) is 7.10. The molecule has 2 heterocycles. The average molecular weight is 576 g/mol. The van der Waals surface area contributed by atoms with E-state index in [2.05, 4.69) is 15.3 Å². The number of rotatable bonds is 4. The SMILES string of the molecule is N#Cc1ccc(N)cc1.N#Cc1ccc(Nc2ncccc2[N+](=O)[O-])cc1.O=[N+]([O-])c1cccnc1Cl.[2H]CF.[H-].[Na+]. The van der Waals surface area contributed by atoms with Crippen molar-refractivity contribution in [1.29, 1.82) is 10.5 Å². The molecule has 0 bridgehead atoms. The summed E-state index contributed by atoms with van der Waals surface area (Å²) in [6, 6.07) is 23.0. The Hall–Kier alpha value is -4.66. The number of anilines is 3. The van der Waals surface area contributed by atoms with Gasteiger partial charge in [-0.1, -0.05) is 11.6 Å². The van der Waals surface area contributed by atoms with Gasteiger partial charge in [0.05, 0.1) is 41.6 Å². The van der Waals surface area contributed by atoms with Crippen LogP contribution in [0.1, 0.15) is 13.9 Å². The van der Waals surface area contributed by atoms with Crippen molar-refractivity contribution < 1.29 is 46.6 Å². The number of hydrogen-bond donors (Lipinski definition) is 2. The maximum Gasteiger partial charge on any atom is 1.00 e. The molecule has 0 atom stereocenters. The van der Waals surface area contributed by atoms with Gasteiger partial charge >= 0.3 is 40.9 Å². The molecule has 0 amide bonds. The second kappa shape index (κ2) is 19.4. The van der Waals surface area contributed by atoms with E-state index in [9.17, 15) is 24.6 Å². The number of pyridine rings is 2. The number of benzene rings is 2. The first-order chi connectivity index (χ1) is 19.2. The van der Waals surface area contributed by atoms with E-state index < -0.39 is 17.0 Å². The third kappa shape index (κ3) is 12.3. The number of nitrogens with zero attached hydrogens (tertiary/aromatic N) is 6. The Morgan fingerprint density at radius 1 is 0.925 bits per heavy atom. The molecule has 2 aromatic carbocycles. The zero-order chi connectivity index (χ0) is 29.9. The molecule has 0 aliphatic carbocycles. The number of nitrogens with one attached hydrogen (secondary N) is 1. The molecule has 0 aliphatic heterocycles. The maximum absolute atomic E-state index is 10.8. The third-order valence-corrected chi connectivity index (χ3v) is 4.53. The third-order valence-electron chi connectivity index (χ3n) is 4.24. The topological polar surface area (TPSA) is 198 Å². The van der Waals surface area contributed by atoms with Gasteiger partial charge in [0.15, 0.2) is 0 Å². The molecular weight excluding hydrogens is 554 g/mol. The van der Waals surface area contributed by atoms with E-state index in [-0.39, 0.29) is 53.3 Å². The van der Waals surface area contributed by atoms with Crippen LogP contribution in [0.25, 0.3) is 0 Å². The fourth-order valence-electron chi connectivity index (χ4n) is 2.48. The van der Waals surface area contributed by atoms with Gasteiger partial charge in [0.1, 0.15) is 0 Å². The molecule has 0 saturated carbocycles. The van der Waals surface area contributed by atoms with Crippen LogP contribution in [0.5, 0.6) is 0 Å². The van der Waals surface area contributed by atoms with Crippen LogP contribution in [0.3, 0.4) is 0 Å². The van der Waals surface area contributed by atoms with Crippen molar-refractivity contribution in [3.63, 3.8) is 0 Å². The smallest absolute Gasteiger partial charge is 1.00 e. The van der Waals surface area contributed by atoms with Gasteiger partial charge in [-0.25, -0.2) is 9.97 Å². The van der Waals surface area contributed by atoms with Crippen LogP contribution in [-0.2, 0) is 0 Å². The molecule has 4 rings (SSSR count). The van der Waals surface area contributed by atoms with Gasteiger partial charge in [-0.3, -0.25) is 24.6 Å². The van der Waals surface area contributed by atoms with E-state index in [1.165, 1.54) is 36.7 Å². The quantitative estimate of drug-likeness (QED) is 0.120. The Morgan fingerprint density at radius 2 is 1.38 bits per heavy atom. The fourth-order valence-corrected chi connectivity index (χ4v) is 2.67. The Labute approximate surface area is 258 Å². The number of alkyl halides is 1. The average Bonchev–Trinajstić information content (AvgIpc) is 2.95. The Morgan fingerprint density at radius 3 is 1.80 bits per heavy atom. The number of aromatic nitrogens is 2. The number of hydrogen-bond acceptors (Lipinski definition) is 10. The van der Waals surface area contributed by atoms with Crippen LogP contribution in [0.15, 0.2) is 85.2 Å². The normalized spacial score (nSPS) is 8.95. The van der Waals surface area contributed by atoms with Crippen molar-refractivity contribution in [2.75, 3.05) is 18.2 Å². The number of nitriles is 2. The van der Waals surface area contributed by atoms with Crippen LogP contribution in [0.2, 0.25) is 5.15 Å². The molecule has 0 aliphatic rings. The molecule has 200 valence electrons. The van der Waals surface area contributed by atoms with E-state index in [1.54, 1.807) is 48.5 Å². The molecule has 0 unspecified atom stereocenters. The first kappa shape index (κ1) is 33.4. The van der Waals surface area contributed by atoms with Crippen LogP contribution < -0.4 is 40.6 Å². The first-order valence-electron chi connectivity index (χ1n) is 11.1. The molecular formula is C25H21ClFN8NaO4. The number of nitro groups is 2. The second-order valence-electron chi connectivity index (χ2n) is 6.75. The Kier molecular flexibility index (Phi) is 16.2. The molecule has 40 heavy (non-hydrogen) atoms. The fraction of sp³-hybridized carbons (Fsp3) is 0.0400.